The summed E-state index contributed by atoms with van der Waals surface area (Å²) in [7, 11) is 0. The Bertz CT molecular complexity index is 785. The molecule has 24 heavy (non-hydrogen) atoms. The maximum absolute atomic E-state index is 12.4. The molecular weight excluding hydrogens is 298 g/mol. The topological polar surface area (TPSA) is 36.4 Å². The number of rotatable bonds is 2. The molecule has 0 unspecified atom stereocenters. The predicted molar refractivity (Wildman–Crippen MR) is 95.2 cm³/mol. The molecule has 122 valence electrons. The first-order valence-electron chi connectivity index (χ1n) is 8.15. The normalized spacial score (nSPS) is 16.8. The molecule has 1 aromatic heterocycles. The van der Waals surface area contributed by atoms with Gasteiger partial charge in [0.1, 0.15) is 5.82 Å². The van der Waals surface area contributed by atoms with Crippen LogP contribution in [0.1, 0.15) is 38.3 Å². The summed E-state index contributed by atoms with van der Waals surface area (Å²) in [4.78, 5) is 16.8. The van der Waals surface area contributed by atoms with Crippen LogP contribution in [0.4, 0.5) is 5.82 Å². The van der Waals surface area contributed by atoms with E-state index in [2.05, 4.69) is 35.7 Å². The van der Waals surface area contributed by atoms with Crippen molar-refractivity contribution in [2.45, 2.75) is 32.7 Å². The van der Waals surface area contributed by atoms with Crippen LogP contribution in [0.3, 0.4) is 0 Å². The molecule has 2 heterocycles. The van der Waals surface area contributed by atoms with E-state index in [0.717, 1.165) is 17.7 Å². The van der Waals surface area contributed by atoms with Gasteiger partial charge in [0.2, 0.25) is 5.91 Å². The molecule has 4 nitrogen and oxygen atoms in total. The van der Waals surface area contributed by atoms with E-state index in [1.54, 1.807) is 11.2 Å². The van der Waals surface area contributed by atoms with Crippen molar-refractivity contribution in [3.05, 3.63) is 59.8 Å². The summed E-state index contributed by atoms with van der Waals surface area (Å²) < 4.78 is 0. The fourth-order valence-electron chi connectivity index (χ4n) is 3.01. The van der Waals surface area contributed by atoms with Gasteiger partial charge >= 0.3 is 0 Å². The Morgan fingerprint density at radius 2 is 1.79 bits per heavy atom. The standard InChI is InChI=1S/C20H21N3O/c1-4-22-20(2,3)14-19(24)23(22)18-13-12-17(15-21-18)11-10-16-8-6-5-7-9-16/h5-9,12-13,15H,4,14H2,1-3H3. The fraction of sp³-hybridized carbons (Fsp3) is 0.300. The van der Waals surface area contributed by atoms with E-state index in [0.29, 0.717) is 12.2 Å². The van der Waals surface area contributed by atoms with Crippen molar-refractivity contribution in [2.24, 2.45) is 0 Å². The van der Waals surface area contributed by atoms with Gasteiger partial charge in [-0.2, -0.15) is 0 Å². The number of anilines is 1. The molecular formula is C20H21N3O. The lowest BCUT2D eigenvalue weighted by Crippen LogP contribution is -2.47. The quantitative estimate of drug-likeness (QED) is 0.797. The first-order valence-corrected chi connectivity index (χ1v) is 8.15. The van der Waals surface area contributed by atoms with E-state index in [4.69, 9.17) is 0 Å². The molecule has 0 N–H and O–H groups in total. The Hall–Kier alpha value is -2.64. The minimum absolute atomic E-state index is 0.0810. The largest absolute Gasteiger partial charge is 0.273 e. The van der Waals surface area contributed by atoms with Crippen molar-refractivity contribution in [3.63, 3.8) is 0 Å². The number of pyridine rings is 1. The lowest BCUT2D eigenvalue weighted by atomic mass is 10.0. The van der Waals surface area contributed by atoms with E-state index in [1.807, 2.05) is 49.4 Å². The molecule has 0 aliphatic carbocycles. The number of carbonyl (C=O) groups is 1. The van der Waals surface area contributed by atoms with Gasteiger partial charge < -0.3 is 0 Å². The molecule has 4 heteroatoms. The average molecular weight is 319 g/mol. The minimum Gasteiger partial charge on any atom is -0.273 e. The van der Waals surface area contributed by atoms with Gasteiger partial charge in [0.25, 0.3) is 0 Å². The van der Waals surface area contributed by atoms with Crippen molar-refractivity contribution in [3.8, 4) is 11.8 Å². The Morgan fingerprint density at radius 1 is 1.08 bits per heavy atom. The number of aromatic nitrogens is 1. The van der Waals surface area contributed by atoms with Crippen LogP contribution >= 0.6 is 0 Å². The van der Waals surface area contributed by atoms with Crippen molar-refractivity contribution < 1.29 is 4.79 Å². The third kappa shape index (κ3) is 3.17. The van der Waals surface area contributed by atoms with Crippen molar-refractivity contribution >= 4 is 11.7 Å². The van der Waals surface area contributed by atoms with Crippen LogP contribution in [0.15, 0.2) is 48.7 Å². The van der Waals surface area contributed by atoms with E-state index in [9.17, 15) is 4.79 Å². The van der Waals surface area contributed by atoms with Crippen LogP contribution in [0.5, 0.6) is 0 Å². The van der Waals surface area contributed by atoms with Gasteiger partial charge in [-0.15, -0.1) is 0 Å². The molecule has 0 radical (unpaired) electrons. The number of hydrogen-bond acceptors (Lipinski definition) is 3. The summed E-state index contributed by atoms with van der Waals surface area (Å²) in [5.41, 5.74) is 1.62. The minimum atomic E-state index is -0.181. The number of hydrazine groups is 1. The Labute approximate surface area is 143 Å². The summed E-state index contributed by atoms with van der Waals surface area (Å²) in [6, 6.07) is 13.6. The molecule has 1 aromatic carbocycles. The first-order chi connectivity index (χ1) is 11.5. The van der Waals surface area contributed by atoms with E-state index >= 15 is 0 Å². The Kier molecular flexibility index (Phi) is 4.37. The lowest BCUT2D eigenvalue weighted by molar-refractivity contribution is -0.118. The maximum atomic E-state index is 12.4. The van der Waals surface area contributed by atoms with E-state index in [-0.39, 0.29) is 11.4 Å². The Morgan fingerprint density at radius 3 is 2.42 bits per heavy atom. The number of carbonyl (C=O) groups excluding carboxylic acids is 1. The van der Waals surface area contributed by atoms with Crippen LogP contribution in [-0.4, -0.2) is 28.0 Å². The van der Waals surface area contributed by atoms with Gasteiger partial charge in [-0.1, -0.05) is 37.0 Å². The zero-order valence-corrected chi connectivity index (χ0v) is 14.3. The lowest BCUT2D eigenvalue weighted by Gasteiger charge is -2.34. The van der Waals surface area contributed by atoms with Crippen LogP contribution in [0.25, 0.3) is 0 Å². The molecule has 0 atom stereocenters. The van der Waals surface area contributed by atoms with E-state index < -0.39 is 0 Å². The smallest absolute Gasteiger partial charge is 0.244 e. The molecule has 3 rings (SSSR count). The predicted octanol–water partition coefficient (Wildman–Crippen LogP) is 3.23. The van der Waals surface area contributed by atoms with Crippen molar-refractivity contribution in [2.75, 3.05) is 11.6 Å². The number of nitrogens with zero attached hydrogens (tertiary/aromatic N) is 3. The highest BCUT2D eigenvalue weighted by Gasteiger charge is 2.43. The zero-order valence-electron chi connectivity index (χ0n) is 14.3. The van der Waals surface area contributed by atoms with Crippen LogP contribution < -0.4 is 5.01 Å². The molecule has 1 amide bonds. The van der Waals surface area contributed by atoms with Gasteiger partial charge in [0.05, 0.1) is 0 Å². The monoisotopic (exact) mass is 319 g/mol. The summed E-state index contributed by atoms with van der Waals surface area (Å²) >= 11 is 0. The van der Waals surface area contributed by atoms with Gasteiger partial charge in [0.15, 0.2) is 0 Å². The highest BCUT2D eigenvalue weighted by molar-refractivity contribution is 5.94. The average Bonchev–Trinajstić information content (AvgIpc) is 2.82. The van der Waals surface area contributed by atoms with Gasteiger partial charge in [-0.3, -0.25) is 4.79 Å². The second kappa shape index (κ2) is 6.46. The summed E-state index contributed by atoms with van der Waals surface area (Å²) in [6.07, 6.45) is 2.22. The molecule has 1 saturated heterocycles. The first kappa shape index (κ1) is 16.2. The second-order valence-electron chi connectivity index (χ2n) is 6.43. The number of amides is 1. The van der Waals surface area contributed by atoms with Gasteiger partial charge in [-0.25, -0.2) is 15.0 Å². The molecule has 1 fully saturated rings. The Balaban J connectivity index is 1.82. The van der Waals surface area contributed by atoms with Crippen molar-refractivity contribution in [1.82, 2.24) is 9.99 Å². The highest BCUT2D eigenvalue weighted by atomic mass is 16.2. The summed E-state index contributed by atoms with van der Waals surface area (Å²) in [5.74, 6) is 6.94. The van der Waals surface area contributed by atoms with Crippen molar-refractivity contribution in [1.29, 1.82) is 0 Å². The third-order valence-corrected chi connectivity index (χ3v) is 4.15. The number of benzene rings is 1. The van der Waals surface area contributed by atoms with Crippen LogP contribution in [0.2, 0.25) is 0 Å². The molecule has 2 aromatic rings. The molecule has 1 aliphatic rings. The highest BCUT2D eigenvalue weighted by Crippen LogP contribution is 2.32. The summed E-state index contributed by atoms with van der Waals surface area (Å²) in [6.45, 7) is 6.96. The summed E-state index contributed by atoms with van der Waals surface area (Å²) in [5, 5.41) is 3.75. The number of hydrogen-bond donors (Lipinski definition) is 0. The second-order valence-corrected chi connectivity index (χ2v) is 6.43. The molecule has 0 saturated carbocycles. The maximum Gasteiger partial charge on any atom is 0.244 e. The van der Waals surface area contributed by atoms with Gasteiger partial charge in [-0.05, 0) is 38.1 Å². The van der Waals surface area contributed by atoms with Crippen LogP contribution in [0, 0.1) is 11.8 Å². The molecule has 0 bridgehead atoms. The van der Waals surface area contributed by atoms with Crippen LogP contribution in [-0.2, 0) is 4.79 Å². The third-order valence-electron chi connectivity index (χ3n) is 4.15. The van der Waals surface area contributed by atoms with Gasteiger partial charge in [0, 0.05) is 35.8 Å². The van der Waals surface area contributed by atoms with E-state index in [1.165, 1.54) is 0 Å². The zero-order chi connectivity index (χ0) is 17.2. The SMILES string of the molecule is CCN1N(c2ccc(C#Cc3ccccc3)cn2)C(=O)CC1(C)C. The molecule has 0 spiro atoms. The molecule has 1 aliphatic heterocycles. The fourth-order valence-corrected chi connectivity index (χ4v) is 3.01.